The second-order valence-corrected chi connectivity index (χ2v) is 7.54. The van der Waals surface area contributed by atoms with E-state index in [4.69, 9.17) is 0 Å². The number of hydrogen-bond acceptors (Lipinski definition) is 4. The van der Waals surface area contributed by atoms with Crippen molar-refractivity contribution in [1.29, 1.82) is 0 Å². The number of anilines is 2. The molecule has 0 aliphatic carbocycles. The summed E-state index contributed by atoms with van der Waals surface area (Å²) in [5.41, 5.74) is 2.55. The summed E-state index contributed by atoms with van der Waals surface area (Å²) in [5, 5.41) is 2.90. The van der Waals surface area contributed by atoms with Gasteiger partial charge in [0.05, 0.1) is 5.56 Å². The van der Waals surface area contributed by atoms with Crippen molar-refractivity contribution in [3.05, 3.63) is 47.8 Å². The summed E-state index contributed by atoms with van der Waals surface area (Å²) in [6.07, 6.45) is 5.27. The summed E-state index contributed by atoms with van der Waals surface area (Å²) in [5.74, 6) is 0.484. The van der Waals surface area contributed by atoms with Gasteiger partial charge in [0.1, 0.15) is 0 Å². The highest BCUT2D eigenvalue weighted by Gasteiger charge is 2.14. The molecule has 2 aromatic rings. The summed E-state index contributed by atoms with van der Waals surface area (Å²) >= 11 is 0. The van der Waals surface area contributed by atoms with Crippen LogP contribution in [0, 0.1) is 0 Å². The SMILES string of the molecule is CCCN(CCC)c1ncc(C(=O)Nc2ccc(C(C)(C)C)cc2)cn1. The summed E-state index contributed by atoms with van der Waals surface area (Å²) in [6, 6.07) is 7.95. The number of hydrogen-bond donors (Lipinski definition) is 1. The number of nitrogens with zero attached hydrogens (tertiary/aromatic N) is 3. The number of carbonyl (C=O) groups excluding carboxylic acids is 1. The number of rotatable bonds is 7. The van der Waals surface area contributed by atoms with E-state index in [1.54, 1.807) is 12.4 Å². The third-order valence-corrected chi connectivity index (χ3v) is 4.18. The van der Waals surface area contributed by atoms with Gasteiger partial charge in [0.25, 0.3) is 5.91 Å². The van der Waals surface area contributed by atoms with Crippen LogP contribution in [0.15, 0.2) is 36.7 Å². The van der Waals surface area contributed by atoms with Crippen molar-refractivity contribution in [1.82, 2.24) is 9.97 Å². The number of amides is 1. The van der Waals surface area contributed by atoms with E-state index in [1.807, 2.05) is 24.3 Å². The van der Waals surface area contributed by atoms with Crippen molar-refractivity contribution >= 4 is 17.5 Å². The van der Waals surface area contributed by atoms with Crippen LogP contribution in [0.2, 0.25) is 0 Å². The van der Waals surface area contributed by atoms with E-state index in [1.165, 1.54) is 5.56 Å². The summed E-state index contributed by atoms with van der Waals surface area (Å²) in [4.78, 5) is 23.3. The average molecular weight is 354 g/mol. The molecular weight excluding hydrogens is 324 g/mol. The Labute approximate surface area is 156 Å². The molecule has 140 valence electrons. The Morgan fingerprint density at radius 3 is 2.00 bits per heavy atom. The molecule has 0 radical (unpaired) electrons. The van der Waals surface area contributed by atoms with E-state index in [9.17, 15) is 4.79 Å². The minimum absolute atomic E-state index is 0.0923. The van der Waals surface area contributed by atoms with Crippen molar-refractivity contribution in [2.45, 2.75) is 52.9 Å². The summed E-state index contributed by atoms with van der Waals surface area (Å²) in [6.45, 7) is 12.6. The largest absolute Gasteiger partial charge is 0.341 e. The quantitative estimate of drug-likeness (QED) is 0.786. The molecule has 0 saturated heterocycles. The third kappa shape index (κ3) is 5.28. The van der Waals surface area contributed by atoms with Gasteiger partial charge in [0, 0.05) is 31.2 Å². The maximum absolute atomic E-state index is 12.4. The predicted molar refractivity (Wildman–Crippen MR) is 108 cm³/mol. The molecule has 0 bridgehead atoms. The van der Waals surface area contributed by atoms with Crippen LogP contribution < -0.4 is 10.2 Å². The number of nitrogens with one attached hydrogen (secondary N) is 1. The number of carbonyl (C=O) groups is 1. The molecule has 1 N–H and O–H groups in total. The first-order chi connectivity index (χ1) is 12.3. The van der Waals surface area contributed by atoms with Crippen LogP contribution in [0.3, 0.4) is 0 Å². The highest BCUT2D eigenvalue weighted by Crippen LogP contribution is 2.23. The Morgan fingerprint density at radius 2 is 1.54 bits per heavy atom. The summed E-state index contributed by atoms with van der Waals surface area (Å²) in [7, 11) is 0. The molecule has 1 heterocycles. The maximum atomic E-state index is 12.4. The molecule has 0 unspecified atom stereocenters. The van der Waals surface area contributed by atoms with Crippen LogP contribution in [0.5, 0.6) is 0 Å². The van der Waals surface area contributed by atoms with E-state index in [0.29, 0.717) is 11.5 Å². The number of benzene rings is 1. The second-order valence-electron chi connectivity index (χ2n) is 7.54. The van der Waals surface area contributed by atoms with E-state index in [0.717, 1.165) is 31.6 Å². The van der Waals surface area contributed by atoms with Gasteiger partial charge in [-0.15, -0.1) is 0 Å². The minimum atomic E-state index is -0.197. The van der Waals surface area contributed by atoms with Crippen LogP contribution in [-0.4, -0.2) is 29.0 Å². The fourth-order valence-corrected chi connectivity index (χ4v) is 2.71. The molecular formula is C21H30N4O. The molecule has 0 aliphatic rings. The van der Waals surface area contributed by atoms with Gasteiger partial charge in [-0.1, -0.05) is 46.8 Å². The van der Waals surface area contributed by atoms with Crippen molar-refractivity contribution in [2.24, 2.45) is 0 Å². The van der Waals surface area contributed by atoms with Crippen molar-refractivity contribution in [2.75, 3.05) is 23.3 Å². The van der Waals surface area contributed by atoms with Gasteiger partial charge in [-0.25, -0.2) is 9.97 Å². The van der Waals surface area contributed by atoms with E-state index in [-0.39, 0.29) is 11.3 Å². The first-order valence-corrected chi connectivity index (χ1v) is 9.34. The third-order valence-electron chi connectivity index (χ3n) is 4.18. The lowest BCUT2D eigenvalue weighted by molar-refractivity contribution is 0.102. The highest BCUT2D eigenvalue weighted by atomic mass is 16.1. The standard InChI is InChI=1S/C21H30N4O/c1-6-12-25(13-7-2)20-22-14-16(15-23-20)19(26)24-18-10-8-17(9-11-18)21(3,4)5/h8-11,14-15H,6-7,12-13H2,1-5H3,(H,24,26). The Balaban J connectivity index is 2.05. The van der Waals surface area contributed by atoms with Crippen molar-refractivity contribution in [3.63, 3.8) is 0 Å². The van der Waals surface area contributed by atoms with Gasteiger partial charge in [-0.05, 0) is 36.0 Å². The zero-order valence-corrected chi connectivity index (χ0v) is 16.5. The Bertz CT molecular complexity index is 696. The topological polar surface area (TPSA) is 58.1 Å². The van der Waals surface area contributed by atoms with Crippen LogP contribution in [-0.2, 0) is 5.41 Å². The van der Waals surface area contributed by atoms with E-state index < -0.39 is 0 Å². The molecule has 0 spiro atoms. The molecule has 1 aromatic heterocycles. The maximum Gasteiger partial charge on any atom is 0.258 e. The molecule has 1 aromatic carbocycles. The molecule has 5 nitrogen and oxygen atoms in total. The van der Waals surface area contributed by atoms with Gasteiger partial charge < -0.3 is 10.2 Å². The first-order valence-electron chi connectivity index (χ1n) is 9.34. The zero-order valence-electron chi connectivity index (χ0n) is 16.5. The molecule has 0 saturated carbocycles. The van der Waals surface area contributed by atoms with Crippen LogP contribution in [0.25, 0.3) is 0 Å². The predicted octanol–water partition coefficient (Wildman–Crippen LogP) is 4.65. The van der Waals surface area contributed by atoms with E-state index >= 15 is 0 Å². The Morgan fingerprint density at radius 1 is 1.00 bits per heavy atom. The van der Waals surface area contributed by atoms with Crippen molar-refractivity contribution in [3.8, 4) is 0 Å². The fraction of sp³-hybridized carbons (Fsp3) is 0.476. The van der Waals surface area contributed by atoms with Crippen molar-refractivity contribution < 1.29 is 4.79 Å². The molecule has 0 fully saturated rings. The van der Waals surface area contributed by atoms with Gasteiger partial charge in [0.15, 0.2) is 0 Å². The second kappa shape index (κ2) is 8.79. The normalized spacial score (nSPS) is 11.3. The van der Waals surface area contributed by atoms with E-state index in [2.05, 4.69) is 54.8 Å². The Kier molecular flexibility index (Phi) is 6.72. The summed E-state index contributed by atoms with van der Waals surface area (Å²) < 4.78 is 0. The fourth-order valence-electron chi connectivity index (χ4n) is 2.71. The van der Waals surface area contributed by atoms with Crippen LogP contribution in [0.4, 0.5) is 11.6 Å². The average Bonchev–Trinajstić information content (AvgIpc) is 2.61. The molecule has 0 aliphatic heterocycles. The van der Waals surface area contributed by atoms with Gasteiger partial charge in [-0.3, -0.25) is 4.79 Å². The molecule has 0 atom stereocenters. The van der Waals surface area contributed by atoms with Gasteiger partial charge >= 0.3 is 0 Å². The Hall–Kier alpha value is -2.43. The molecule has 2 rings (SSSR count). The van der Waals surface area contributed by atoms with Crippen LogP contribution >= 0.6 is 0 Å². The lowest BCUT2D eigenvalue weighted by Gasteiger charge is -2.21. The molecule has 1 amide bonds. The lowest BCUT2D eigenvalue weighted by atomic mass is 9.87. The zero-order chi connectivity index (χ0) is 19.2. The smallest absolute Gasteiger partial charge is 0.258 e. The monoisotopic (exact) mass is 354 g/mol. The molecule has 5 heteroatoms. The van der Waals surface area contributed by atoms with Gasteiger partial charge in [0.2, 0.25) is 5.95 Å². The highest BCUT2D eigenvalue weighted by molar-refractivity contribution is 6.03. The lowest BCUT2D eigenvalue weighted by Crippen LogP contribution is -2.27. The first kappa shape index (κ1) is 19.9. The van der Waals surface area contributed by atoms with Crippen LogP contribution in [0.1, 0.15) is 63.4 Å². The molecule has 26 heavy (non-hydrogen) atoms. The number of aromatic nitrogens is 2. The minimum Gasteiger partial charge on any atom is -0.341 e. The van der Waals surface area contributed by atoms with Gasteiger partial charge in [-0.2, -0.15) is 0 Å².